The first-order valence-corrected chi connectivity index (χ1v) is 10.4. The van der Waals surface area contributed by atoms with Gasteiger partial charge in [0.1, 0.15) is 5.03 Å². The normalized spacial score (nSPS) is 15.9. The lowest BCUT2D eigenvalue weighted by atomic mass is 9.93. The molecule has 5 nitrogen and oxygen atoms in total. The van der Waals surface area contributed by atoms with E-state index >= 15 is 0 Å². The van der Waals surface area contributed by atoms with Gasteiger partial charge in [-0.2, -0.15) is 5.10 Å². The molecule has 1 unspecified atom stereocenters. The summed E-state index contributed by atoms with van der Waals surface area (Å²) in [6.45, 7) is 4.19. The van der Waals surface area contributed by atoms with E-state index in [1.807, 2.05) is 30.1 Å². The zero-order valence-electron chi connectivity index (χ0n) is 16.4. The number of carbonyl (C=O) groups is 1. The Kier molecular flexibility index (Phi) is 5.22. The number of rotatable bonds is 4. The molecule has 28 heavy (non-hydrogen) atoms. The van der Waals surface area contributed by atoms with E-state index in [4.69, 9.17) is 0 Å². The number of hydrogen-bond acceptors (Lipinski definition) is 4. The molecular weight excluding hydrogens is 368 g/mol. The second-order valence-corrected chi connectivity index (χ2v) is 8.35. The molecule has 2 heterocycles. The third-order valence-corrected chi connectivity index (χ3v) is 6.40. The van der Waals surface area contributed by atoms with E-state index in [2.05, 4.69) is 47.4 Å². The molecule has 4 rings (SSSR count). The molecule has 0 saturated carbocycles. The molecule has 1 atom stereocenters. The zero-order chi connectivity index (χ0) is 19.7. The maximum atomic E-state index is 13.1. The van der Waals surface area contributed by atoms with Crippen LogP contribution in [-0.4, -0.2) is 20.7 Å². The molecule has 1 aromatic carbocycles. The summed E-state index contributed by atoms with van der Waals surface area (Å²) in [4.78, 5) is 18.6. The van der Waals surface area contributed by atoms with E-state index in [1.165, 1.54) is 28.6 Å². The lowest BCUT2D eigenvalue weighted by Crippen LogP contribution is -2.31. The Balaban J connectivity index is 1.56. The molecule has 1 aliphatic rings. The van der Waals surface area contributed by atoms with Crippen LogP contribution in [0.5, 0.6) is 0 Å². The van der Waals surface area contributed by atoms with Crippen molar-refractivity contribution in [2.45, 2.75) is 49.1 Å². The summed E-state index contributed by atoms with van der Waals surface area (Å²) in [5.74, 6) is -0.0823. The van der Waals surface area contributed by atoms with Gasteiger partial charge in [-0.25, -0.2) is 4.98 Å². The van der Waals surface area contributed by atoms with Crippen molar-refractivity contribution in [1.82, 2.24) is 20.1 Å². The monoisotopic (exact) mass is 392 g/mol. The van der Waals surface area contributed by atoms with Gasteiger partial charge in [-0.05, 0) is 68.5 Å². The van der Waals surface area contributed by atoms with Crippen LogP contribution in [-0.2, 0) is 13.5 Å². The smallest absolute Gasteiger partial charge is 0.254 e. The van der Waals surface area contributed by atoms with Crippen LogP contribution in [0.3, 0.4) is 0 Å². The molecule has 1 N–H and O–H groups in total. The predicted molar refractivity (Wildman–Crippen MR) is 111 cm³/mol. The van der Waals surface area contributed by atoms with Crippen LogP contribution in [0.1, 0.15) is 51.6 Å². The maximum absolute atomic E-state index is 13.1. The molecule has 2 aromatic heterocycles. The first-order chi connectivity index (χ1) is 13.5. The quantitative estimate of drug-likeness (QED) is 0.715. The summed E-state index contributed by atoms with van der Waals surface area (Å²) >= 11 is 1.53. The van der Waals surface area contributed by atoms with Gasteiger partial charge in [-0.3, -0.25) is 9.48 Å². The fourth-order valence-corrected chi connectivity index (χ4v) is 4.61. The minimum Gasteiger partial charge on any atom is -0.345 e. The number of carbonyl (C=O) groups excluding carboxylic acids is 1. The molecule has 0 fully saturated rings. The van der Waals surface area contributed by atoms with E-state index < -0.39 is 0 Å². The van der Waals surface area contributed by atoms with Gasteiger partial charge in [0.05, 0.1) is 17.8 Å². The highest BCUT2D eigenvalue weighted by Crippen LogP contribution is 2.32. The van der Waals surface area contributed by atoms with Crippen molar-refractivity contribution in [3.63, 3.8) is 0 Å². The number of amides is 1. The minimum absolute atomic E-state index is 0.00428. The van der Waals surface area contributed by atoms with Gasteiger partial charge >= 0.3 is 0 Å². The summed E-state index contributed by atoms with van der Waals surface area (Å²) in [5.41, 5.74) is 5.45. The molecule has 3 aromatic rings. The van der Waals surface area contributed by atoms with Crippen LogP contribution >= 0.6 is 11.8 Å². The summed E-state index contributed by atoms with van der Waals surface area (Å²) in [6, 6.07) is 9.98. The zero-order valence-corrected chi connectivity index (χ0v) is 17.2. The van der Waals surface area contributed by atoms with Crippen LogP contribution in [0.2, 0.25) is 0 Å². The van der Waals surface area contributed by atoms with E-state index in [0.717, 1.165) is 34.7 Å². The second kappa shape index (κ2) is 7.80. The van der Waals surface area contributed by atoms with Crippen LogP contribution in [0, 0.1) is 13.8 Å². The highest BCUT2D eigenvalue weighted by molar-refractivity contribution is 7.99. The average molecular weight is 393 g/mol. The van der Waals surface area contributed by atoms with Gasteiger partial charge in [0.15, 0.2) is 0 Å². The Bertz CT molecular complexity index is 1030. The van der Waals surface area contributed by atoms with Crippen molar-refractivity contribution in [3.05, 3.63) is 70.7 Å². The van der Waals surface area contributed by atoms with Gasteiger partial charge in [0, 0.05) is 29.4 Å². The van der Waals surface area contributed by atoms with Gasteiger partial charge in [0.2, 0.25) is 0 Å². The third kappa shape index (κ3) is 3.69. The topological polar surface area (TPSA) is 59.8 Å². The Morgan fingerprint density at radius 2 is 2.11 bits per heavy atom. The average Bonchev–Trinajstić information content (AvgIpc) is 3.07. The molecule has 144 valence electrons. The number of pyridine rings is 1. The van der Waals surface area contributed by atoms with Gasteiger partial charge < -0.3 is 5.32 Å². The van der Waals surface area contributed by atoms with E-state index in [9.17, 15) is 4.79 Å². The van der Waals surface area contributed by atoms with Crippen LogP contribution in [0.15, 0.2) is 52.6 Å². The standard InChI is InChI=1S/C22H24N4OS/c1-14-9-10-16(12-15(14)2)28-22-17(6-5-11-23-22)21(27)25-19-7-4-8-20-18(19)13-24-26(20)3/h5-6,9-13,19H,4,7-8H2,1-3H3,(H,25,27). The van der Waals surface area contributed by atoms with Crippen LogP contribution < -0.4 is 5.32 Å². The molecular formula is C22H24N4OS. The maximum Gasteiger partial charge on any atom is 0.254 e. The molecule has 1 aliphatic carbocycles. The number of aromatic nitrogens is 3. The van der Waals surface area contributed by atoms with Crippen molar-refractivity contribution < 1.29 is 4.79 Å². The summed E-state index contributed by atoms with van der Waals surface area (Å²) < 4.78 is 1.92. The Morgan fingerprint density at radius 3 is 2.93 bits per heavy atom. The third-order valence-electron chi connectivity index (χ3n) is 5.39. The Hall–Kier alpha value is -2.60. The van der Waals surface area contributed by atoms with Crippen LogP contribution in [0.25, 0.3) is 0 Å². The number of benzene rings is 1. The number of nitrogens with zero attached hydrogens (tertiary/aromatic N) is 3. The number of nitrogens with one attached hydrogen (secondary N) is 1. The van der Waals surface area contributed by atoms with E-state index in [1.54, 1.807) is 6.20 Å². The van der Waals surface area contributed by atoms with Gasteiger partial charge in [-0.15, -0.1) is 0 Å². The SMILES string of the molecule is Cc1ccc(Sc2ncccc2C(=O)NC2CCCc3c2cnn3C)cc1C. The Morgan fingerprint density at radius 1 is 1.25 bits per heavy atom. The Labute approximate surface area is 169 Å². The molecule has 0 aliphatic heterocycles. The van der Waals surface area contributed by atoms with Crippen molar-refractivity contribution in [3.8, 4) is 0 Å². The number of aryl methyl sites for hydroxylation is 3. The highest BCUT2D eigenvalue weighted by Gasteiger charge is 2.26. The first-order valence-electron chi connectivity index (χ1n) is 9.54. The summed E-state index contributed by atoms with van der Waals surface area (Å²) in [6.07, 6.45) is 6.62. The van der Waals surface area contributed by atoms with E-state index in [-0.39, 0.29) is 11.9 Å². The number of hydrogen-bond donors (Lipinski definition) is 1. The predicted octanol–water partition coefficient (Wildman–Crippen LogP) is 4.39. The van der Waals surface area contributed by atoms with Crippen molar-refractivity contribution >= 4 is 17.7 Å². The highest BCUT2D eigenvalue weighted by atomic mass is 32.2. The fourth-order valence-electron chi connectivity index (χ4n) is 3.63. The lowest BCUT2D eigenvalue weighted by molar-refractivity contribution is 0.0929. The molecule has 0 spiro atoms. The number of fused-ring (bicyclic) bond motifs is 1. The first kappa shape index (κ1) is 18.7. The molecule has 0 bridgehead atoms. The van der Waals surface area contributed by atoms with E-state index in [0.29, 0.717) is 5.56 Å². The molecule has 0 saturated heterocycles. The lowest BCUT2D eigenvalue weighted by Gasteiger charge is -2.24. The van der Waals surface area contributed by atoms with Crippen molar-refractivity contribution in [2.24, 2.45) is 7.05 Å². The van der Waals surface area contributed by atoms with Crippen molar-refractivity contribution in [2.75, 3.05) is 0 Å². The second-order valence-electron chi connectivity index (χ2n) is 7.29. The van der Waals surface area contributed by atoms with Crippen molar-refractivity contribution in [1.29, 1.82) is 0 Å². The molecule has 1 amide bonds. The van der Waals surface area contributed by atoms with Crippen LogP contribution in [0.4, 0.5) is 0 Å². The minimum atomic E-state index is -0.0823. The molecule has 0 radical (unpaired) electrons. The van der Waals surface area contributed by atoms with Gasteiger partial charge in [0.25, 0.3) is 5.91 Å². The fraction of sp³-hybridized carbons (Fsp3) is 0.318. The van der Waals surface area contributed by atoms with Gasteiger partial charge in [-0.1, -0.05) is 17.8 Å². The summed E-state index contributed by atoms with van der Waals surface area (Å²) in [5, 5.41) is 8.30. The summed E-state index contributed by atoms with van der Waals surface area (Å²) in [7, 11) is 1.96. The molecule has 6 heteroatoms. The largest absolute Gasteiger partial charge is 0.345 e.